The zero-order valence-electron chi connectivity index (χ0n) is 15.3. The number of nitrogens with one attached hydrogen (secondary N) is 1. The van der Waals surface area contributed by atoms with E-state index in [1.54, 1.807) is 18.2 Å². The van der Waals surface area contributed by atoms with Crippen LogP contribution in [-0.4, -0.2) is 48.7 Å². The molecule has 1 aromatic carbocycles. The minimum absolute atomic E-state index is 0.137. The Labute approximate surface area is 152 Å². The Morgan fingerprint density at radius 1 is 1.23 bits per heavy atom. The van der Waals surface area contributed by atoms with Gasteiger partial charge in [0, 0.05) is 12.1 Å². The van der Waals surface area contributed by atoms with Gasteiger partial charge in [-0.15, -0.1) is 0 Å². The van der Waals surface area contributed by atoms with Crippen LogP contribution < -0.4 is 14.8 Å². The average Bonchev–Trinajstić information content (AvgIpc) is 3.16. The van der Waals surface area contributed by atoms with Gasteiger partial charge < -0.3 is 24.2 Å². The molecular weight excluding hydrogens is 338 g/mol. The molecule has 1 N–H and O–H groups in total. The molecule has 26 heavy (non-hydrogen) atoms. The molecule has 0 saturated carbocycles. The molecule has 0 saturated heterocycles. The number of benzene rings is 1. The highest BCUT2D eigenvalue weighted by atomic mass is 16.5. The standard InChI is InChI=1S/C18H23N3O5/c1-5-12(2)21(11-16(22)19-15-9-10-26-20-15)18(23)17-13(24-3)7-6-8-14(17)25-4/h6-10,12H,5,11H2,1-4H3,(H,19,20,22)/t12-/m1/s1. The summed E-state index contributed by atoms with van der Waals surface area (Å²) in [5.41, 5.74) is 0.284. The topological polar surface area (TPSA) is 93.9 Å². The lowest BCUT2D eigenvalue weighted by atomic mass is 10.1. The molecule has 1 aromatic heterocycles. The minimum atomic E-state index is -0.374. The highest BCUT2D eigenvalue weighted by molar-refractivity contribution is 6.02. The summed E-state index contributed by atoms with van der Waals surface area (Å²) in [5.74, 6) is 0.353. The SMILES string of the molecule is CC[C@@H](C)N(CC(=O)Nc1ccon1)C(=O)c1c(OC)cccc1OC. The number of carbonyl (C=O) groups excluding carboxylic acids is 2. The van der Waals surface area contributed by atoms with Crippen LogP contribution in [0, 0.1) is 0 Å². The van der Waals surface area contributed by atoms with E-state index in [4.69, 9.17) is 9.47 Å². The van der Waals surface area contributed by atoms with Crippen molar-refractivity contribution in [1.82, 2.24) is 10.1 Å². The Bertz CT molecular complexity index is 723. The van der Waals surface area contributed by atoms with E-state index in [9.17, 15) is 9.59 Å². The van der Waals surface area contributed by atoms with Crippen molar-refractivity contribution in [3.05, 3.63) is 36.1 Å². The first kappa shape index (κ1) is 19.3. The summed E-state index contributed by atoms with van der Waals surface area (Å²) < 4.78 is 15.3. The maximum Gasteiger partial charge on any atom is 0.262 e. The molecule has 2 rings (SSSR count). The van der Waals surface area contributed by atoms with Gasteiger partial charge >= 0.3 is 0 Å². The zero-order chi connectivity index (χ0) is 19.1. The molecule has 1 atom stereocenters. The number of hydrogen-bond donors (Lipinski definition) is 1. The summed E-state index contributed by atoms with van der Waals surface area (Å²) in [7, 11) is 2.97. The molecule has 140 valence electrons. The first-order valence-corrected chi connectivity index (χ1v) is 8.24. The Kier molecular flexibility index (Phi) is 6.60. The van der Waals surface area contributed by atoms with E-state index >= 15 is 0 Å². The van der Waals surface area contributed by atoms with Crippen molar-refractivity contribution in [2.75, 3.05) is 26.1 Å². The summed E-state index contributed by atoms with van der Waals surface area (Å²) in [6.07, 6.45) is 2.04. The third kappa shape index (κ3) is 4.33. The lowest BCUT2D eigenvalue weighted by molar-refractivity contribution is -0.117. The summed E-state index contributed by atoms with van der Waals surface area (Å²) in [6.45, 7) is 3.69. The zero-order valence-corrected chi connectivity index (χ0v) is 15.3. The average molecular weight is 361 g/mol. The molecule has 8 heteroatoms. The van der Waals surface area contributed by atoms with Crippen molar-refractivity contribution in [1.29, 1.82) is 0 Å². The molecule has 2 aromatic rings. The molecule has 2 amide bonds. The third-order valence-electron chi connectivity index (χ3n) is 4.04. The van der Waals surface area contributed by atoms with Crippen LogP contribution in [0.1, 0.15) is 30.6 Å². The van der Waals surface area contributed by atoms with Crippen molar-refractivity contribution >= 4 is 17.6 Å². The van der Waals surface area contributed by atoms with Gasteiger partial charge in [-0.25, -0.2) is 0 Å². The Balaban J connectivity index is 2.29. The van der Waals surface area contributed by atoms with E-state index in [2.05, 4.69) is 15.0 Å². The highest BCUT2D eigenvalue weighted by Gasteiger charge is 2.28. The molecule has 0 aliphatic heterocycles. The molecule has 0 aliphatic rings. The predicted octanol–water partition coefficient (Wildman–Crippen LogP) is 2.57. The Hall–Kier alpha value is -3.03. The van der Waals surface area contributed by atoms with Gasteiger partial charge in [-0.2, -0.15) is 0 Å². The van der Waals surface area contributed by atoms with Crippen molar-refractivity contribution in [3.8, 4) is 11.5 Å². The fourth-order valence-corrected chi connectivity index (χ4v) is 2.47. The fourth-order valence-electron chi connectivity index (χ4n) is 2.47. The summed E-state index contributed by atoms with van der Waals surface area (Å²) in [5, 5.41) is 6.23. The van der Waals surface area contributed by atoms with Gasteiger partial charge in [-0.05, 0) is 25.5 Å². The van der Waals surface area contributed by atoms with Gasteiger partial charge in [-0.3, -0.25) is 9.59 Å². The number of rotatable bonds is 8. The van der Waals surface area contributed by atoms with Crippen molar-refractivity contribution in [2.24, 2.45) is 0 Å². The van der Waals surface area contributed by atoms with E-state index in [-0.39, 0.29) is 30.0 Å². The molecule has 8 nitrogen and oxygen atoms in total. The molecule has 0 spiro atoms. The first-order chi connectivity index (χ1) is 12.5. The van der Waals surface area contributed by atoms with Crippen LogP contribution >= 0.6 is 0 Å². The van der Waals surface area contributed by atoms with Gasteiger partial charge in [0.2, 0.25) is 5.91 Å². The fraction of sp³-hybridized carbons (Fsp3) is 0.389. The monoisotopic (exact) mass is 361 g/mol. The number of nitrogens with zero attached hydrogens (tertiary/aromatic N) is 2. The van der Waals surface area contributed by atoms with E-state index in [1.165, 1.54) is 31.4 Å². The predicted molar refractivity (Wildman–Crippen MR) is 95.5 cm³/mol. The summed E-state index contributed by atoms with van der Waals surface area (Å²) in [4.78, 5) is 27.0. The molecule has 0 bridgehead atoms. The van der Waals surface area contributed by atoms with Crippen LogP contribution in [0.15, 0.2) is 35.1 Å². The maximum atomic E-state index is 13.2. The number of ether oxygens (including phenoxy) is 2. The number of anilines is 1. The second kappa shape index (κ2) is 8.89. The minimum Gasteiger partial charge on any atom is -0.496 e. The Morgan fingerprint density at radius 3 is 2.38 bits per heavy atom. The summed E-state index contributed by atoms with van der Waals surface area (Å²) in [6, 6.07) is 6.45. The molecule has 0 unspecified atom stereocenters. The smallest absolute Gasteiger partial charge is 0.262 e. The van der Waals surface area contributed by atoms with Gasteiger partial charge in [0.1, 0.15) is 29.9 Å². The van der Waals surface area contributed by atoms with Crippen LogP contribution in [0.4, 0.5) is 5.82 Å². The maximum absolute atomic E-state index is 13.2. The van der Waals surface area contributed by atoms with Crippen LogP contribution in [0.2, 0.25) is 0 Å². The van der Waals surface area contributed by atoms with Crippen LogP contribution in [0.25, 0.3) is 0 Å². The number of methoxy groups -OCH3 is 2. The molecule has 1 heterocycles. The second-order valence-electron chi connectivity index (χ2n) is 5.66. The van der Waals surface area contributed by atoms with Crippen LogP contribution in [0.3, 0.4) is 0 Å². The number of amides is 2. The highest BCUT2D eigenvalue weighted by Crippen LogP contribution is 2.30. The lowest BCUT2D eigenvalue weighted by Gasteiger charge is -2.29. The van der Waals surface area contributed by atoms with Gasteiger partial charge in [0.25, 0.3) is 5.91 Å². The van der Waals surface area contributed by atoms with Crippen LogP contribution in [-0.2, 0) is 4.79 Å². The molecule has 0 aliphatic carbocycles. The van der Waals surface area contributed by atoms with Gasteiger partial charge in [-0.1, -0.05) is 18.1 Å². The molecule has 0 fully saturated rings. The normalized spacial score (nSPS) is 11.5. The molecule has 0 radical (unpaired) electrons. The van der Waals surface area contributed by atoms with E-state index in [1.807, 2.05) is 13.8 Å². The van der Waals surface area contributed by atoms with Gasteiger partial charge in [0.05, 0.1) is 14.2 Å². The lowest BCUT2D eigenvalue weighted by Crippen LogP contribution is -2.43. The van der Waals surface area contributed by atoms with Crippen LogP contribution in [0.5, 0.6) is 11.5 Å². The largest absolute Gasteiger partial charge is 0.496 e. The van der Waals surface area contributed by atoms with Gasteiger partial charge in [0.15, 0.2) is 5.82 Å². The summed E-state index contributed by atoms with van der Waals surface area (Å²) >= 11 is 0. The van der Waals surface area contributed by atoms with Crippen molar-refractivity contribution < 1.29 is 23.6 Å². The van der Waals surface area contributed by atoms with E-state index in [0.717, 1.165) is 0 Å². The molecular formula is C18H23N3O5. The second-order valence-corrected chi connectivity index (χ2v) is 5.66. The van der Waals surface area contributed by atoms with Crippen molar-refractivity contribution in [2.45, 2.75) is 26.3 Å². The van der Waals surface area contributed by atoms with E-state index in [0.29, 0.717) is 23.7 Å². The Morgan fingerprint density at radius 2 is 1.88 bits per heavy atom. The van der Waals surface area contributed by atoms with E-state index < -0.39 is 0 Å². The third-order valence-corrected chi connectivity index (χ3v) is 4.04. The quantitative estimate of drug-likeness (QED) is 0.777. The number of hydrogen-bond acceptors (Lipinski definition) is 6. The number of carbonyl (C=O) groups is 2. The number of aromatic nitrogens is 1. The van der Waals surface area contributed by atoms with Crippen molar-refractivity contribution in [3.63, 3.8) is 0 Å². The first-order valence-electron chi connectivity index (χ1n) is 8.24.